The molecule has 4 rings (SSSR count). The molecule has 0 spiro atoms. The van der Waals surface area contributed by atoms with E-state index in [4.69, 9.17) is 4.74 Å². The van der Waals surface area contributed by atoms with Crippen LogP contribution in [-0.4, -0.2) is 60.9 Å². The van der Waals surface area contributed by atoms with Gasteiger partial charge in [0.05, 0.1) is 13.1 Å². The summed E-state index contributed by atoms with van der Waals surface area (Å²) in [5.41, 5.74) is 1.50. The third-order valence-electron chi connectivity index (χ3n) is 5.35. The van der Waals surface area contributed by atoms with E-state index >= 15 is 0 Å². The lowest BCUT2D eigenvalue weighted by Crippen LogP contribution is -2.50. The maximum atomic E-state index is 12.5. The van der Waals surface area contributed by atoms with Crippen molar-refractivity contribution in [1.29, 1.82) is 0 Å². The van der Waals surface area contributed by atoms with Crippen LogP contribution < -0.4 is 15.4 Å². The van der Waals surface area contributed by atoms with Crippen molar-refractivity contribution in [2.45, 2.75) is 0 Å². The Kier molecular flexibility index (Phi) is 7.68. The van der Waals surface area contributed by atoms with E-state index in [1.54, 1.807) is 0 Å². The number of anilines is 2. The number of ether oxygens (including phenoxy) is 1. The average Bonchev–Trinajstić information content (AvgIpc) is 2.82. The van der Waals surface area contributed by atoms with Gasteiger partial charge in [-0.05, 0) is 36.4 Å². The molecule has 7 heteroatoms. The maximum absolute atomic E-state index is 12.5. The Balaban J connectivity index is 1.19. The minimum atomic E-state index is -0.0675. The van der Waals surface area contributed by atoms with Crippen LogP contribution in [0.25, 0.3) is 0 Å². The zero-order valence-corrected chi connectivity index (χ0v) is 18.4. The first-order chi connectivity index (χ1) is 16.1. The van der Waals surface area contributed by atoms with Crippen molar-refractivity contribution in [1.82, 2.24) is 9.80 Å². The molecule has 1 heterocycles. The number of nitrogens with zero attached hydrogens (tertiary/aromatic N) is 2. The smallest absolute Gasteiger partial charge is 0.238 e. The zero-order valence-electron chi connectivity index (χ0n) is 18.4. The molecular weight excluding hydrogens is 416 g/mol. The van der Waals surface area contributed by atoms with Crippen molar-refractivity contribution in [2.75, 3.05) is 49.9 Å². The van der Waals surface area contributed by atoms with Gasteiger partial charge in [0.25, 0.3) is 0 Å². The van der Waals surface area contributed by atoms with Gasteiger partial charge in [-0.2, -0.15) is 0 Å². The number of benzene rings is 3. The molecule has 1 aliphatic rings. The van der Waals surface area contributed by atoms with Crippen LogP contribution in [0, 0.1) is 0 Å². The van der Waals surface area contributed by atoms with Crippen molar-refractivity contribution in [2.24, 2.45) is 0 Å². The van der Waals surface area contributed by atoms with E-state index in [1.165, 1.54) is 0 Å². The standard InChI is InChI=1S/C26H28N4O3/c31-25(27-21-8-3-1-4-9-21)19-29-14-16-30(17-15-29)20-26(32)28-22-10-7-13-24(18-22)33-23-11-5-2-6-12-23/h1-13,18H,14-17,19-20H2,(H,27,31)(H,28,32). The molecule has 0 aromatic heterocycles. The lowest BCUT2D eigenvalue weighted by molar-refractivity contribution is -0.120. The number of rotatable bonds is 8. The topological polar surface area (TPSA) is 73.9 Å². The molecule has 3 aromatic carbocycles. The Morgan fingerprint density at radius 3 is 1.73 bits per heavy atom. The fraction of sp³-hybridized carbons (Fsp3) is 0.231. The number of nitrogens with one attached hydrogen (secondary N) is 2. The summed E-state index contributed by atoms with van der Waals surface area (Å²) >= 11 is 0. The molecule has 0 unspecified atom stereocenters. The lowest BCUT2D eigenvalue weighted by atomic mass is 10.2. The fourth-order valence-corrected chi connectivity index (χ4v) is 3.70. The highest BCUT2D eigenvalue weighted by Crippen LogP contribution is 2.23. The Morgan fingerprint density at radius 2 is 1.12 bits per heavy atom. The molecule has 0 radical (unpaired) electrons. The van der Waals surface area contributed by atoms with Crippen LogP contribution in [0.3, 0.4) is 0 Å². The Morgan fingerprint density at radius 1 is 0.636 bits per heavy atom. The van der Waals surface area contributed by atoms with Gasteiger partial charge in [-0.1, -0.05) is 42.5 Å². The van der Waals surface area contributed by atoms with Crippen molar-refractivity contribution in [3.8, 4) is 11.5 Å². The first-order valence-electron chi connectivity index (χ1n) is 11.1. The van der Waals surface area contributed by atoms with Crippen LogP contribution in [0.2, 0.25) is 0 Å². The maximum Gasteiger partial charge on any atom is 0.238 e. The lowest BCUT2D eigenvalue weighted by Gasteiger charge is -2.33. The second-order valence-corrected chi connectivity index (χ2v) is 7.96. The number of amides is 2. The zero-order chi connectivity index (χ0) is 22.9. The summed E-state index contributed by atoms with van der Waals surface area (Å²) in [5, 5.41) is 5.86. The van der Waals surface area contributed by atoms with Crippen molar-refractivity contribution in [3.63, 3.8) is 0 Å². The highest BCUT2D eigenvalue weighted by Gasteiger charge is 2.20. The predicted octanol–water partition coefficient (Wildman–Crippen LogP) is 3.67. The van der Waals surface area contributed by atoms with E-state index in [0.717, 1.165) is 37.6 Å². The predicted molar refractivity (Wildman–Crippen MR) is 130 cm³/mol. The third kappa shape index (κ3) is 7.17. The molecule has 0 saturated carbocycles. The largest absolute Gasteiger partial charge is 0.457 e. The summed E-state index contributed by atoms with van der Waals surface area (Å²) in [6, 6.07) is 26.4. The van der Waals surface area contributed by atoms with Gasteiger partial charge in [-0.25, -0.2) is 0 Å². The van der Waals surface area contributed by atoms with Crippen molar-refractivity contribution >= 4 is 23.2 Å². The van der Waals surface area contributed by atoms with Gasteiger partial charge in [-0.15, -0.1) is 0 Å². The summed E-state index contributed by atoms with van der Waals surface area (Å²) in [6.07, 6.45) is 0. The summed E-state index contributed by atoms with van der Waals surface area (Å²) in [6.45, 7) is 3.63. The number of para-hydroxylation sites is 2. The van der Waals surface area contributed by atoms with E-state index in [0.29, 0.717) is 24.5 Å². The number of hydrogen-bond acceptors (Lipinski definition) is 5. The summed E-state index contributed by atoms with van der Waals surface area (Å²) < 4.78 is 5.83. The van der Waals surface area contributed by atoms with E-state index in [2.05, 4.69) is 20.4 Å². The van der Waals surface area contributed by atoms with Crippen LogP contribution in [0.15, 0.2) is 84.9 Å². The molecule has 0 bridgehead atoms. The second-order valence-electron chi connectivity index (χ2n) is 7.96. The number of carbonyl (C=O) groups is 2. The number of piperazine rings is 1. The quantitative estimate of drug-likeness (QED) is 0.555. The monoisotopic (exact) mass is 444 g/mol. The van der Waals surface area contributed by atoms with Gasteiger partial charge in [0, 0.05) is 43.6 Å². The first kappa shape index (κ1) is 22.5. The van der Waals surface area contributed by atoms with E-state index in [-0.39, 0.29) is 11.8 Å². The minimum absolute atomic E-state index is 0.0232. The van der Waals surface area contributed by atoms with Crippen molar-refractivity contribution in [3.05, 3.63) is 84.9 Å². The SMILES string of the molecule is O=C(CN1CCN(CC(=O)Nc2cccc(Oc3ccccc3)c2)CC1)Nc1ccccc1. The summed E-state index contributed by atoms with van der Waals surface area (Å²) in [4.78, 5) is 29.0. The van der Waals surface area contributed by atoms with Crippen LogP contribution in [0.4, 0.5) is 11.4 Å². The van der Waals surface area contributed by atoms with Gasteiger partial charge in [0.2, 0.25) is 11.8 Å². The van der Waals surface area contributed by atoms with Crippen molar-refractivity contribution < 1.29 is 14.3 Å². The van der Waals surface area contributed by atoms with Crippen LogP contribution >= 0.6 is 0 Å². The van der Waals surface area contributed by atoms with Gasteiger partial charge < -0.3 is 15.4 Å². The van der Waals surface area contributed by atoms with Gasteiger partial charge >= 0.3 is 0 Å². The third-order valence-corrected chi connectivity index (χ3v) is 5.35. The molecule has 1 fully saturated rings. The Labute approximate surface area is 194 Å². The minimum Gasteiger partial charge on any atom is -0.457 e. The second kappa shape index (κ2) is 11.3. The van der Waals surface area contributed by atoms with Gasteiger partial charge in [0.1, 0.15) is 11.5 Å². The molecule has 2 N–H and O–H groups in total. The van der Waals surface area contributed by atoms with Gasteiger partial charge in [-0.3, -0.25) is 19.4 Å². The summed E-state index contributed by atoms with van der Waals surface area (Å²) in [7, 11) is 0. The number of hydrogen-bond donors (Lipinski definition) is 2. The Bertz CT molecular complexity index is 1050. The molecule has 3 aromatic rings. The van der Waals surface area contributed by atoms with Gasteiger partial charge in [0.15, 0.2) is 0 Å². The molecule has 1 saturated heterocycles. The molecule has 170 valence electrons. The van der Waals surface area contributed by atoms with Crippen LogP contribution in [0.5, 0.6) is 11.5 Å². The highest BCUT2D eigenvalue weighted by atomic mass is 16.5. The summed E-state index contributed by atoms with van der Waals surface area (Å²) in [5.74, 6) is 1.32. The van der Waals surface area contributed by atoms with E-state index < -0.39 is 0 Å². The first-order valence-corrected chi connectivity index (χ1v) is 11.1. The molecule has 7 nitrogen and oxygen atoms in total. The molecule has 33 heavy (non-hydrogen) atoms. The highest BCUT2D eigenvalue weighted by molar-refractivity contribution is 5.93. The normalized spacial score (nSPS) is 14.4. The van der Waals surface area contributed by atoms with Crippen LogP contribution in [0.1, 0.15) is 0 Å². The molecular formula is C26H28N4O3. The number of carbonyl (C=O) groups excluding carboxylic acids is 2. The van der Waals surface area contributed by atoms with E-state index in [9.17, 15) is 9.59 Å². The van der Waals surface area contributed by atoms with Crippen LogP contribution in [-0.2, 0) is 9.59 Å². The molecule has 0 atom stereocenters. The van der Waals surface area contributed by atoms with E-state index in [1.807, 2.05) is 84.9 Å². The molecule has 1 aliphatic heterocycles. The average molecular weight is 445 g/mol. The molecule has 2 amide bonds. The Hall–Kier alpha value is -3.68. The molecule has 0 aliphatic carbocycles. The fourth-order valence-electron chi connectivity index (χ4n) is 3.70.